The van der Waals surface area contributed by atoms with Crippen LogP contribution in [0.1, 0.15) is 39.5 Å². The highest BCUT2D eigenvalue weighted by Gasteiger charge is 2.26. The minimum Gasteiger partial charge on any atom is -0.379 e. The molecule has 0 aromatic carbocycles. The number of aliphatic imine (C=N–C) groups is 1. The van der Waals surface area contributed by atoms with Gasteiger partial charge in [0.25, 0.3) is 0 Å². The van der Waals surface area contributed by atoms with E-state index in [2.05, 4.69) is 43.8 Å². The van der Waals surface area contributed by atoms with Crippen LogP contribution in [0.2, 0.25) is 0 Å². The van der Waals surface area contributed by atoms with Crippen molar-refractivity contribution >= 4 is 35.8 Å². The smallest absolute Gasteiger partial charge is 0.236 e. The molecule has 0 bridgehead atoms. The minimum atomic E-state index is 0. The molecule has 9 heteroatoms. The van der Waals surface area contributed by atoms with Gasteiger partial charge < -0.3 is 19.9 Å². The van der Waals surface area contributed by atoms with E-state index >= 15 is 0 Å². The zero-order chi connectivity index (χ0) is 21.3. The average molecular weight is 551 g/mol. The van der Waals surface area contributed by atoms with E-state index in [1.165, 1.54) is 12.8 Å². The van der Waals surface area contributed by atoms with Gasteiger partial charge in [0, 0.05) is 71.5 Å². The molecule has 0 saturated carbocycles. The fraction of sp³-hybridized carbons (Fsp3) is 0.909. The first-order valence-corrected chi connectivity index (χ1v) is 11.9. The van der Waals surface area contributed by atoms with Crippen LogP contribution >= 0.6 is 24.0 Å². The predicted molar refractivity (Wildman–Crippen MR) is 136 cm³/mol. The summed E-state index contributed by atoms with van der Waals surface area (Å²) in [4.78, 5) is 26.4. The number of ether oxygens (including phenoxy) is 1. The number of hydrogen-bond acceptors (Lipinski definition) is 5. The molecule has 0 aromatic heterocycles. The molecule has 0 radical (unpaired) electrons. The summed E-state index contributed by atoms with van der Waals surface area (Å²) >= 11 is 0. The van der Waals surface area contributed by atoms with Gasteiger partial charge in [0.05, 0.1) is 19.8 Å². The predicted octanol–water partition coefficient (Wildman–Crippen LogP) is 1.31. The van der Waals surface area contributed by atoms with E-state index in [0.29, 0.717) is 24.5 Å². The number of morpholine rings is 1. The summed E-state index contributed by atoms with van der Waals surface area (Å²) in [6.45, 7) is 14.1. The van der Waals surface area contributed by atoms with Gasteiger partial charge in [-0.25, -0.2) is 0 Å². The summed E-state index contributed by atoms with van der Waals surface area (Å²) in [5.74, 6) is 1.28. The van der Waals surface area contributed by atoms with E-state index in [0.717, 1.165) is 84.4 Å². The van der Waals surface area contributed by atoms with Gasteiger partial charge in [0.15, 0.2) is 5.96 Å². The molecule has 0 aromatic rings. The Bertz CT molecular complexity index is 562. The van der Waals surface area contributed by atoms with Crippen LogP contribution < -0.4 is 5.32 Å². The Hall–Kier alpha value is -0.650. The SMILES string of the molecule is CN=C(NCC(C)N1CCOCC1C)N1CCN(CC(=O)N2CCCCCC2)CC1.I. The topological polar surface area (TPSA) is 63.7 Å². The van der Waals surface area contributed by atoms with Crippen molar-refractivity contribution in [2.24, 2.45) is 4.99 Å². The monoisotopic (exact) mass is 550 g/mol. The summed E-state index contributed by atoms with van der Waals surface area (Å²) in [6, 6.07) is 0.899. The second-order valence-corrected chi connectivity index (χ2v) is 9.00. The summed E-state index contributed by atoms with van der Waals surface area (Å²) in [5.41, 5.74) is 0. The first kappa shape index (κ1) is 26.6. The number of halogens is 1. The highest BCUT2D eigenvalue weighted by atomic mass is 127. The van der Waals surface area contributed by atoms with E-state index in [1.807, 2.05) is 7.05 Å². The van der Waals surface area contributed by atoms with Gasteiger partial charge in [-0.2, -0.15) is 0 Å². The molecule has 2 unspecified atom stereocenters. The van der Waals surface area contributed by atoms with E-state index in [-0.39, 0.29) is 24.0 Å². The summed E-state index contributed by atoms with van der Waals surface area (Å²) < 4.78 is 5.56. The third kappa shape index (κ3) is 8.01. The number of rotatable bonds is 5. The van der Waals surface area contributed by atoms with Gasteiger partial charge in [-0.05, 0) is 26.7 Å². The maximum atomic E-state index is 12.7. The van der Waals surface area contributed by atoms with E-state index in [4.69, 9.17) is 4.74 Å². The lowest BCUT2D eigenvalue weighted by molar-refractivity contribution is -0.132. The number of likely N-dealkylation sites (tertiary alicyclic amines) is 1. The zero-order valence-corrected chi connectivity index (χ0v) is 22.1. The number of guanidine groups is 1. The normalized spacial score (nSPS) is 25.5. The van der Waals surface area contributed by atoms with Gasteiger partial charge in [0.2, 0.25) is 5.91 Å². The summed E-state index contributed by atoms with van der Waals surface area (Å²) in [5, 5.41) is 3.57. The third-order valence-corrected chi connectivity index (χ3v) is 6.74. The molecule has 31 heavy (non-hydrogen) atoms. The molecular formula is C22H43IN6O2. The van der Waals surface area contributed by atoms with Gasteiger partial charge in [-0.3, -0.25) is 19.6 Å². The Morgan fingerprint density at radius 3 is 2.32 bits per heavy atom. The maximum Gasteiger partial charge on any atom is 0.236 e. The Labute approximate surface area is 205 Å². The molecule has 180 valence electrons. The fourth-order valence-electron chi connectivity index (χ4n) is 4.81. The first-order chi connectivity index (χ1) is 14.6. The molecular weight excluding hydrogens is 507 g/mol. The van der Waals surface area contributed by atoms with Gasteiger partial charge in [0.1, 0.15) is 0 Å². The van der Waals surface area contributed by atoms with Crippen molar-refractivity contribution in [1.82, 2.24) is 24.9 Å². The number of carbonyl (C=O) groups is 1. The van der Waals surface area contributed by atoms with Crippen molar-refractivity contribution in [3.63, 3.8) is 0 Å². The van der Waals surface area contributed by atoms with Crippen molar-refractivity contribution in [1.29, 1.82) is 0 Å². The number of nitrogens with zero attached hydrogens (tertiary/aromatic N) is 5. The van der Waals surface area contributed by atoms with E-state index in [1.54, 1.807) is 0 Å². The van der Waals surface area contributed by atoms with E-state index in [9.17, 15) is 4.79 Å². The second-order valence-electron chi connectivity index (χ2n) is 9.00. The lowest BCUT2D eigenvalue weighted by Gasteiger charge is -2.39. The number of hydrogen-bond donors (Lipinski definition) is 1. The first-order valence-electron chi connectivity index (χ1n) is 11.9. The molecule has 0 aliphatic carbocycles. The van der Waals surface area contributed by atoms with E-state index < -0.39 is 0 Å². The quantitative estimate of drug-likeness (QED) is 0.317. The van der Waals surface area contributed by atoms with Gasteiger partial charge in [-0.1, -0.05) is 12.8 Å². The molecule has 3 saturated heterocycles. The maximum absolute atomic E-state index is 12.7. The van der Waals surface area contributed by atoms with Crippen molar-refractivity contribution in [2.45, 2.75) is 51.6 Å². The Balaban J connectivity index is 0.00000341. The molecule has 3 rings (SSSR count). The standard InChI is InChI=1S/C22H42N6O2.HI/c1-19(28-14-15-30-18-20(28)2)16-24-22(23-3)27-12-10-25(11-13-27)17-21(29)26-8-6-4-5-7-9-26;/h19-20H,4-18H2,1-3H3,(H,23,24);1H. The molecule has 1 amide bonds. The number of carbonyl (C=O) groups excluding carboxylic acids is 1. The van der Waals surface area contributed by atoms with Crippen molar-refractivity contribution in [3.8, 4) is 0 Å². The Morgan fingerprint density at radius 2 is 1.71 bits per heavy atom. The summed E-state index contributed by atoms with van der Waals surface area (Å²) in [6.07, 6.45) is 4.83. The molecule has 3 fully saturated rings. The van der Waals surface area contributed by atoms with Crippen LogP contribution in [-0.2, 0) is 9.53 Å². The summed E-state index contributed by atoms with van der Waals surface area (Å²) in [7, 11) is 1.86. The minimum absolute atomic E-state index is 0. The number of nitrogens with one attached hydrogen (secondary N) is 1. The number of amides is 1. The molecule has 3 heterocycles. The van der Waals surface area contributed by atoms with Crippen molar-refractivity contribution < 1.29 is 9.53 Å². The fourth-order valence-corrected chi connectivity index (χ4v) is 4.81. The lowest BCUT2D eigenvalue weighted by atomic mass is 10.2. The third-order valence-electron chi connectivity index (χ3n) is 6.74. The molecule has 1 N–H and O–H groups in total. The van der Waals surface area contributed by atoms with Crippen LogP contribution in [0.25, 0.3) is 0 Å². The van der Waals surface area contributed by atoms with Crippen LogP contribution in [0.5, 0.6) is 0 Å². The van der Waals surface area contributed by atoms with Gasteiger partial charge >= 0.3 is 0 Å². The van der Waals surface area contributed by atoms with Crippen LogP contribution in [0.3, 0.4) is 0 Å². The van der Waals surface area contributed by atoms with Crippen LogP contribution in [-0.4, -0.2) is 123 Å². The van der Waals surface area contributed by atoms with Crippen molar-refractivity contribution in [3.05, 3.63) is 0 Å². The Kier molecular flexibility index (Phi) is 11.8. The second kappa shape index (κ2) is 13.8. The van der Waals surface area contributed by atoms with Crippen molar-refractivity contribution in [2.75, 3.05) is 79.2 Å². The largest absolute Gasteiger partial charge is 0.379 e. The zero-order valence-electron chi connectivity index (χ0n) is 19.7. The number of piperazine rings is 1. The highest BCUT2D eigenvalue weighted by molar-refractivity contribution is 14.0. The highest BCUT2D eigenvalue weighted by Crippen LogP contribution is 2.12. The molecule has 2 atom stereocenters. The molecule has 3 aliphatic rings. The van der Waals surface area contributed by atoms with Gasteiger partial charge in [-0.15, -0.1) is 24.0 Å². The Morgan fingerprint density at radius 1 is 1.03 bits per heavy atom. The molecule has 0 spiro atoms. The van der Waals surface area contributed by atoms with Crippen LogP contribution in [0.4, 0.5) is 0 Å². The van der Waals surface area contributed by atoms with Crippen LogP contribution in [0.15, 0.2) is 4.99 Å². The molecule has 3 aliphatic heterocycles. The average Bonchev–Trinajstić information content (AvgIpc) is 3.05. The molecule has 8 nitrogen and oxygen atoms in total. The lowest BCUT2D eigenvalue weighted by Crippen LogP contribution is -2.56. The van der Waals surface area contributed by atoms with Crippen LogP contribution in [0, 0.1) is 0 Å².